The Labute approximate surface area is 62.1 Å². The van der Waals surface area contributed by atoms with Crippen LogP contribution in [-0.4, -0.2) is 35.5 Å². The smallest absolute Gasteiger partial charge is 0.171 e. The zero-order valence-corrected chi connectivity index (χ0v) is 6.42. The predicted octanol–water partition coefficient (Wildman–Crippen LogP) is 0.874. The predicted molar refractivity (Wildman–Crippen MR) is 41.2 cm³/mol. The highest BCUT2D eigenvalue weighted by Gasteiger charge is 2.22. The summed E-state index contributed by atoms with van der Waals surface area (Å²) in [6.45, 7) is 3.84. The Hall–Kier alpha value is -0.530. The molecule has 0 aromatic rings. The molecule has 0 saturated carbocycles. The molecule has 56 valence electrons. The van der Waals surface area contributed by atoms with Crippen LogP contribution in [0.4, 0.5) is 0 Å². The summed E-state index contributed by atoms with van der Waals surface area (Å²) in [7, 11) is 0. The van der Waals surface area contributed by atoms with Crippen molar-refractivity contribution in [1.82, 2.24) is 5.01 Å². The Balaban J connectivity index is 1.97. The lowest BCUT2D eigenvalue weighted by Crippen LogP contribution is -2.31. The van der Waals surface area contributed by atoms with E-state index in [0.29, 0.717) is 0 Å². The molecule has 0 aromatic heterocycles. The fraction of sp³-hybridized carbons (Fsp3) is 0.875. The number of hydrogen-bond acceptors (Lipinski definition) is 1. The maximum Gasteiger partial charge on any atom is 0.171 e. The fourth-order valence-corrected chi connectivity index (χ4v) is 1.80. The van der Waals surface area contributed by atoms with E-state index in [9.17, 15) is 0 Å². The Morgan fingerprint density at radius 1 is 1.10 bits per heavy atom. The normalized spacial score (nSPS) is 25.6. The molecule has 0 aliphatic carbocycles. The standard InChI is InChI=1S/C8H15N2/c1-2-6-9(5-1)10-7-3-4-8-10/h5H,1-4,6-8H2/q+1. The Morgan fingerprint density at radius 2 is 1.90 bits per heavy atom. The monoisotopic (exact) mass is 139 g/mol. The molecule has 0 radical (unpaired) electrons. The molecule has 0 unspecified atom stereocenters. The maximum atomic E-state index is 2.48. The molecule has 0 amide bonds. The molecule has 2 rings (SSSR count). The van der Waals surface area contributed by atoms with Crippen LogP contribution in [0.3, 0.4) is 0 Å². The van der Waals surface area contributed by atoms with Gasteiger partial charge in [0.2, 0.25) is 0 Å². The third-order valence-corrected chi connectivity index (χ3v) is 2.38. The molecule has 10 heavy (non-hydrogen) atoms. The van der Waals surface area contributed by atoms with Crippen molar-refractivity contribution in [3.63, 3.8) is 0 Å². The van der Waals surface area contributed by atoms with Gasteiger partial charge in [-0.2, -0.15) is 5.01 Å². The lowest BCUT2D eigenvalue weighted by Gasteiger charge is -2.10. The molecule has 0 spiro atoms. The van der Waals surface area contributed by atoms with Gasteiger partial charge < -0.3 is 0 Å². The summed E-state index contributed by atoms with van der Waals surface area (Å²) in [5.74, 6) is 0. The highest BCUT2D eigenvalue weighted by molar-refractivity contribution is 5.52. The molecule has 0 aromatic carbocycles. The van der Waals surface area contributed by atoms with Crippen molar-refractivity contribution in [2.75, 3.05) is 19.6 Å². The molecule has 2 aliphatic heterocycles. The molecular formula is C8H15N2+. The van der Waals surface area contributed by atoms with Crippen LogP contribution in [0.2, 0.25) is 0 Å². The van der Waals surface area contributed by atoms with Gasteiger partial charge in [0.25, 0.3) is 0 Å². The first-order chi connectivity index (χ1) is 4.97. The molecule has 0 N–H and O–H groups in total. The first kappa shape index (κ1) is 6.20. The molecule has 2 nitrogen and oxygen atoms in total. The van der Waals surface area contributed by atoms with Crippen molar-refractivity contribution in [3.8, 4) is 0 Å². The molecule has 2 aliphatic rings. The lowest BCUT2D eigenvalue weighted by molar-refractivity contribution is -0.677. The largest absolute Gasteiger partial charge is 0.186 e. The Morgan fingerprint density at radius 3 is 2.50 bits per heavy atom. The second-order valence-electron chi connectivity index (χ2n) is 3.15. The average molecular weight is 139 g/mol. The molecule has 2 heteroatoms. The van der Waals surface area contributed by atoms with Gasteiger partial charge in [0.1, 0.15) is 0 Å². The van der Waals surface area contributed by atoms with Crippen LogP contribution < -0.4 is 0 Å². The van der Waals surface area contributed by atoms with E-state index in [1.54, 1.807) is 0 Å². The summed E-state index contributed by atoms with van der Waals surface area (Å²) >= 11 is 0. The van der Waals surface area contributed by atoms with Crippen LogP contribution in [0.25, 0.3) is 0 Å². The number of nitrogens with zero attached hydrogens (tertiary/aromatic N) is 2. The second-order valence-corrected chi connectivity index (χ2v) is 3.15. The Bertz CT molecular complexity index is 145. The number of hydrogen-bond donors (Lipinski definition) is 0. The van der Waals surface area contributed by atoms with Gasteiger partial charge in [-0.1, -0.05) is 0 Å². The van der Waals surface area contributed by atoms with Crippen molar-refractivity contribution in [2.45, 2.75) is 25.7 Å². The van der Waals surface area contributed by atoms with Gasteiger partial charge in [-0.15, -0.1) is 4.68 Å². The third kappa shape index (κ3) is 1.02. The van der Waals surface area contributed by atoms with E-state index in [1.165, 1.54) is 45.3 Å². The topological polar surface area (TPSA) is 6.25 Å². The van der Waals surface area contributed by atoms with Gasteiger partial charge in [0, 0.05) is 12.8 Å². The minimum absolute atomic E-state index is 1.26. The van der Waals surface area contributed by atoms with Crippen LogP contribution in [-0.2, 0) is 0 Å². The van der Waals surface area contributed by atoms with E-state index < -0.39 is 0 Å². The average Bonchev–Trinajstić information content (AvgIpc) is 2.59. The van der Waals surface area contributed by atoms with Gasteiger partial charge in [-0.25, -0.2) is 0 Å². The van der Waals surface area contributed by atoms with Crippen LogP contribution in [0.5, 0.6) is 0 Å². The maximum absolute atomic E-state index is 2.48. The van der Waals surface area contributed by atoms with E-state index in [4.69, 9.17) is 0 Å². The van der Waals surface area contributed by atoms with Gasteiger partial charge in [0.05, 0.1) is 13.1 Å². The Kier molecular flexibility index (Phi) is 1.61. The highest BCUT2D eigenvalue weighted by atomic mass is 15.6. The molecular weight excluding hydrogens is 124 g/mol. The van der Waals surface area contributed by atoms with Gasteiger partial charge in [-0.05, 0) is 12.8 Å². The molecule has 1 fully saturated rings. The number of hydrazine groups is 1. The lowest BCUT2D eigenvalue weighted by atomic mass is 10.4. The van der Waals surface area contributed by atoms with E-state index in [0.717, 1.165) is 0 Å². The summed E-state index contributed by atoms with van der Waals surface area (Å²) in [6.07, 6.45) is 7.77. The molecule has 2 heterocycles. The highest BCUT2D eigenvalue weighted by Crippen LogP contribution is 2.10. The first-order valence-electron chi connectivity index (χ1n) is 4.32. The second kappa shape index (κ2) is 2.60. The summed E-state index contributed by atoms with van der Waals surface area (Å²) < 4.78 is 2.41. The zero-order valence-electron chi connectivity index (χ0n) is 6.42. The van der Waals surface area contributed by atoms with Crippen molar-refractivity contribution in [3.05, 3.63) is 0 Å². The van der Waals surface area contributed by atoms with Gasteiger partial charge >= 0.3 is 0 Å². The van der Waals surface area contributed by atoms with Crippen LogP contribution in [0, 0.1) is 0 Å². The summed E-state index contributed by atoms with van der Waals surface area (Å²) in [6, 6.07) is 0. The summed E-state index contributed by atoms with van der Waals surface area (Å²) in [5, 5.41) is 2.48. The number of rotatable bonds is 1. The van der Waals surface area contributed by atoms with Crippen molar-refractivity contribution < 1.29 is 4.68 Å². The number of hydrazone groups is 1. The van der Waals surface area contributed by atoms with Gasteiger partial charge in [0.15, 0.2) is 12.8 Å². The molecule has 0 bridgehead atoms. The summed E-state index contributed by atoms with van der Waals surface area (Å²) in [5.41, 5.74) is 0. The van der Waals surface area contributed by atoms with Crippen molar-refractivity contribution >= 4 is 6.21 Å². The van der Waals surface area contributed by atoms with Crippen molar-refractivity contribution in [2.24, 2.45) is 0 Å². The van der Waals surface area contributed by atoms with Crippen molar-refractivity contribution in [1.29, 1.82) is 0 Å². The van der Waals surface area contributed by atoms with E-state index in [1.807, 2.05) is 0 Å². The van der Waals surface area contributed by atoms with Crippen LogP contribution in [0.15, 0.2) is 0 Å². The van der Waals surface area contributed by atoms with Gasteiger partial charge in [-0.3, -0.25) is 0 Å². The minimum Gasteiger partial charge on any atom is -0.186 e. The SMILES string of the molecule is C1=[N+](N2CCCC2)CCC1. The van der Waals surface area contributed by atoms with Crippen LogP contribution >= 0.6 is 0 Å². The molecule has 1 saturated heterocycles. The van der Waals surface area contributed by atoms with E-state index >= 15 is 0 Å². The van der Waals surface area contributed by atoms with Crippen LogP contribution in [0.1, 0.15) is 25.7 Å². The third-order valence-electron chi connectivity index (χ3n) is 2.38. The van der Waals surface area contributed by atoms with E-state index in [-0.39, 0.29) is 0 Å². The minimum atomic E-state index is 1.26. The summed E-state index contributed by atoms with van der Waals surface area (Å²) in [4.78, 5) is 0. The molecule has 0 atom stereocenters. The first-order valence-corrected chi connectivity index (χ1v) is 4.32. The fourth-order valence-electron chi connectivity index (χ4n) is 1.80. The quantitative estimate of drug-likeness (QED) is 0.489. The zero-order chi connectivity index (χ0) is 6.81. The van der Waals surface area contributed by atoms with E-state index in [2.05, 4.69) is 15.9 Å².